The summed E-state index contributed by atoms with van der Waals surface area (Å²) in [5.41, 5.74) is -0.445. The van der Waals surface area contributed by atoms with Gasteiger partial charge in [0, 0.05) is 19.8 Å². The van der Waals surface area contributed by atoms with E-state index in [-0.39, 0.29) is 16.4 Å². The van der Waals surface area contributed by atoms with E-state index < -0.39 is 39.9 Å². The number of benzene rings is 2. The fraction of sp³-hybridized carbons (Fsp3) is 0.263. The Labute approximate surface area is 185 Å². The van der Waals surface area contributed by atoms with Gasteiger partial charge in [-0.3, -0.25) is 18.2 Å². The van der Waals surface area contributed by atoms with Crippen molar-refractivity contribution in [3.63, 3.8) is 0 Å². The number of hydrogen-bond donors (Lipinski definition) is 1. The topological polar surface area (TPSA) is 93.4 Å². The number of aryl methyl sites for hydroxylation is 2. The maximum Gasteiger partial charge on any atom is 0.416 e. The lowest BCUT2D eigenvalue weighted by molar-refractivity contribution is -0.137. The Balaban J connectivity index is 1.93. The van der Waals surface area contributed by atoms with Crippen LogP contribution in [0.3, 0.4) is 0 Å². The highest BCUT2D eigenvalue weighted by atomic mass is 35.5. The highest BCUT2D eigenvalue weighted by Gasteiger charge is 2.33. The zero-order valence-electron chi connectivity index (χ0n) is 17.1. The van der Waals surface area contributed by atoms with Gasteiger partial charge in [0.25, 0.3) is 0 Å². The van der Waals surface area contributed by atoms with Crippen molar-refractivity contribution < 1.29 is 26.4 Å². The first kappa shape index (κ1) is 23.7. The Morgan fingerprint density at radius 2 is 1.72 bits per heavy atom. The summed E-state index contributed by atoms with van der Waals surface area (Å²) >= 11 is 5.95. The van der Waals surface area contributed by atoms with Crippen LogP contribution in [0, 0.1) is 0 Å². The molecular formula is C19H18ClF3N4O4S. The number of halogens is 4. The molecule has 3 aromatic rings. The van der Waals surface area contributed by atoms with Gasteiger partial charge in [0.2, 0.25) is 15.9 Å². The standard InChI is InChI=1S/C19H18ClF3N4O4S/c1-25-14-7-5-12(9-16(14)26(2)18(25)29)24-17(28)10-27(32(3,30)31)15-8-11(19(21,22)23)4-6-13(15)20/h4-9H,10H2,1-3H3,(H,24,28). The van der Waals surface area contributed by atoms with E-state index in [1.807, 2.05) is 0 Å². The number of anilines is 2. The summed E-state index contributed by atoms with van der Waals surface area (Å²) in [7, 11) is -1.02. The molecule has 0 unspecified atom stereocenters. The van der Waals surface area contributed by atoms with Gasteiger partial charge in [0.15, 0.2) is 0 Å². The predicted octanol–water partition coefficient (Wildman–Crippen LogP) is 2.95. The molecule has 2 aromatic carbocycles. The number of hydrogen-bond acceptors (Lipinski definition) is 4. The summed E-state index contributed by atoms with van der Waals surface area (Å²) in [6.45, 7) is -0.814. The number of fused-ring (bicyclic) bond motifs is 1. The van der Waals surface area contributed by atoms with Gasteiger partial charge in [0.1, 0.15) is 6.54 Å². The van der Waals surface area contributed by atoms with E-state index in [0.29, 0.717) is 27.5 Å². The molecule has 1 N–H and O–H groups in total. The number of carbonyl (C=O) groups excluding carboxylic acids is 1. The van der Waals surface area contributed by atoms with Crippen molar-refractivity contribution in [1.82, 2.24) is 9.13 Å². The molecule has 0 saturated carbocycles. The quantitative estimate of drug-likeness (QED) is 0.595. The third-order valence-corrected chi connectivity index (χ3v) is 6.23. The predicted molar refractivity (Wildman–Crippen MR) is 115 cm³/mol. The molecule has 32 heavy (non-hydrogen) atoms. The maximum atomic E-state index is 13.1. The molecule has 0 spiro atoms. The van der Waals surface area contributed by atoms with E-state index in [4.69, 9.17) is 11.6 Å². The molecule has 0 radical (unpaired) electrons. The SMILES string of the molecule is Cn1c(=O)n(C)c2cc(NC(=O)CN(c3cc(C(F)(F)F)ccc3Cl)S(C)(=O)=O)ccc21. The molecule has 8 nitrogen and oxygen atoms in total. The van der Waals surface area contributed by atoms with Gasteiger partial charge in [-0.1, -0.05) is 11.6 Å². The fourth-order valence-corrected chi connectivity index (χ4v) is 4.31. The molecule has 0 bridgehead atoms. The Morgan fingerprint density at radius 1 is 1.09 bits per heavy atom. The summed E-state index contributed by atoms with van der Waals surface area (Å²) in [6.07, 6.45) is -3.98. The molecule has 0 aliphatic carbocycles. The van der Waals surface area contributed by atoms with Crippen molar-refractivity contribution in [2.75, 3.05) is 22.4 Å². The molecule has 0 aliphatic heterocycles. The third-order valence-electron chi connectivity index (χ3n) is 4.79. The number of nitrogens with zero attached hydrogens (tertiary/aromatic N) is 3. The second kappa shape index (κ2) is 8.17. The Kier molecular flexibility index (Phi) is 6.04. The van der Waals surface area contributed by atoms with Crippen LogP contribution in [0.2, 0.25) is 5.02 Å². The van der Waals surface area contributed by atoms with Gasteiger partial charge in [0.05, 0.1) is 33.6 Å². The van der Waals surface area contributed by atoms with Gasteiger partial charge in [-0.05, 0) is 36.4 Å². The van der Waals surface area contributed by atoms with Gasteiger partial charge in [-0.2, -0.15) is 13.2 Å². The van der Waals surface area contributed by atoms with Crippen LogP contribution in [-0.4, -0.2) is 36.3 Å². The lowest BCUT2D eigenvalue weighted by atomic mass is 10.2. The molecule has 172 valence electrons. The molecule has 13 heteroatoms. The number of rotatable bonds is 5. The largest absolute Gasteiger partial charge is 0.416 e. The fourth-order valence-electron chi connectivity index (χ4n) is 3.18. The number of nitrogens with one attached hydrogen (secondary N) is 1. The molecule has 0 saturated heterocycles. The zero-order chi connectivity index (χ0) is 24.0. The van der Waals surface area contributed by atoms with Crippen LogP contribution < -0.4 is 15.3 Å². The highest BCUT2D eigenvalue weighted by molar-refractivity contribution is 7.92. The van der Waals surface area contributed by atoms with E-state index in [9.17, 15) is 31.2 Å². The molecule has 1 aromatic heterocycles. The molecule has 1 amide bonds. The summed E-state index contributed by atoms with van der Waals surface area (Å²) in [4.78, 5) is 24.6. The second-order valence-electron chi connectivity index (χ2n) is 7.09. The monoisotopic (exact) mass is 490 g/mol. The van der Waals surface area contributed by atoms with Crippen LogP contribution >= 0.6 is 11.6 Å². The molecular weight excluding hydrogens is 473 g/mol. The van der Waals surface area contributed by atoms with E-state index in [2.05, 4.69) is 5.32 Å². The van der Waals surface area contributed by atoms with Crippen molar-refractivity contribution in [2.24, 2.45) is 14.1 Å². The van der Waals surface area contributed by atoms with Crippen LogP contribution in [0.1, 0.15) is 5.56 Å². The van der Waals surface area contributed by atoms with Gasteiger partial charge in [-0.15, -0.1) is 0 Å². The van der Waals surface area contributed by atoms with Gasteiger partial charge < -0.3 is 5.32 Å². The maximum absolute atomic E-state index is 13.1. The average Bonchev–Trinajstić information content (AvgIpc) is 2.89. The second-order valence-corrected chi connectivity index (χ2v) is 9.40. The zero-order valence-corrected chi connectivity index (χ0v) is 18.6. The summed E-state index contributed by atoms with van der Waals surface area (Å²) < 4.78 is 67.1. The van der Waals surface area contributed by atoms with E-state index in [1.165, 1.54) is 21.3 Å². The first-order valence-corrected chi connectivity index (χ1v) is 11.2. The number of aromatic nitrogens is 2. The minimum atomic E-state index is -4.73. The van der Waals surface area contributed by atoms with Crippen molar-refractivity contribution in [1.29, 1.82) is 0 Å². The molecule has 0 fully saturated rings. The molecule has 0 aliphatic rings. The Morgan fingerprint density at radius 3 is 2.31 bits per heavy atom. The van der Waals surface area contributed by atoms with Gasteiger partial charge in [-0.25, -0.2) is 13.2 Å². The minimum absolute atomic E-state index is 0.267. The van der Waals surface area contributed by atoms with Gasteiger partial charge >= 0.3 is 11.9 Å². The third kappa shape index (κ3) is 4.60. The van der Waals surface area contributed by atoms with Crippen LogP contribution in [0.4, 0.5) is 24.5 Å². The molecule has 0 atom stereocenters. The first-order valence-electron chi connectivity index (χ1n) is 9.00. The van der Waals surface area contributed by atoms with Crippen molar-refractivity contribution in [3.8, 4) is 0 Å². The van der Waals surface area contributed by atoms with Crippen LogP contribution in [0.5, 0.6) is 0 Å². The molecule has 1 heterocycles. The van der Waals surface area contributed by atoms with Crippen molar-refractivity contribution in [3.05, 3.63) is 57.5 Å². The highest BCUT2D eigenvalue weighted by Crippen LogP contribution is 2.36. The van der Waals surface area contributed by atoms with Crippen LogP contribution in [-0.2, 0) is 35.1 Å². The smallest absolute Gasteiger partial charge is 0.324 e. The van der Waals surface area contributed by atoms with E-state index in [0.717, 1.165) is 12.3 Å². The number of sulfonamides is 1. The van der Waals surface area contributed by atoms with Crippen LogP contribution in [0.25, 0.3) is 11.0 Å². The lowest BCUT2D eigenvalue weighted by Gasteiger charge is -2.24. The number of amides is 1. The van der Waals surface area contributed by atoms with Crippen molar-refractivity contribution in [2.45, 2.75) is 6.18 Å². The Bertz CT molecular complexity index is 1380. The van der Waals surface area contributed by atoms with E-state index in [1.54, 1.807) is 20.2 Å². The summed E-state index contributed by atoms with van der Waals surface area (Å²) in [5.74, 6) is -0.816. The number of carbonyl (C=O) groups is 1. The summed E-state index contributed by atoms with van der Waals surface area (Å²) in [5, 5.41) is 2.22. The molecule has 3 rings (SSSR count). The Hall–Kier alpha value is -2.99. The normalized spacial score (nSPS) is 12.2. The van der Waals surface area contributed by atoms with Crippen molar-refractivity contribution >= 4 is 49.9 Å². The first-order chi connectivity index (χ1) is 14.7. The average molecular weight is 491 g/mol. The van der Waals surface area contributed by atoms with Crippen LogP contribution in [0.15, 0.2) is 41.2 Å². The number of alkyl halides is 3. The summed E-state index contributed by atoms with van der Waals surface area (Å²) in [6, 6.07) is 6.84. The number of imidazole rings is 1. The lowest BCUT2D eigenvalue weighted by Crippen LogP contribution is -2.37. The van der Waals surface area contributed by atoms with E-state index >= 15 is 0 Å². The minimum Gasteiger partial charge on any atom is -0.324 e.